The summed E-state index contributed by atoms with van der Waals surface area (Å²) < 4.78 is 0. The van der Waals surface area contributed by atoms with E-state index in [2.05, 4.69) is 5.32 Å². The van der Waals surface area contributed by atoms with Crippen LogP contribution in [0.4, 0.5) is 0 Å². The van der Waals surface area contributed by atoms with E-state index in [9.17, 15) is 9.59 Å². The van der Waals surface area contributed by atoms with Gasteiger partial charge in [0.1, 0.15) is 6.04 Å². The van der Waals surface area contributed by atoms with E-state index in [1.807, 2.05) is 32.9 Å². The molecular weight excluding hydrogens is 204 g/mol. The molecule has 2 amide bonds. The van der Waals surface area contributed by atoms with Gasteiger partial charge >= 0.3 is 0 Å². The van der Waals surface area contributed by atoms with Crippen molar-refractivity contribution < 1.29 is 9.59 Å². The molecule has 1 rings (SSSR count). The molecule has 90 valence electrons. The predicted octanol–water partition coefficient (Wildman–Crippen LogP) is 0.936. The van der Waals surface area contributed by atoms with Gasteiger partial charge in [-0.05, 0) is 19.3 Å². The van der Waals surface area contributed by atoms with Crippen LogP contribution < -0.4 is 5.32 Å². The smallest absolute Gasteiger partial charge is 0.245 e. The Bertz CT molecular complexity index is 297. The van der Waals surface area contributed by atoms with Crippen LogP contribution in [0.15, 0.2) is 12.2 Å². The Morgan fingerprint density at radius 3 is 2.75 bits per heavy atom. The highest BCUT2D eigenvalue weighted by atomic mass is 16.2. The molecule has 4 heteroatoms. The molecule has 16 heavy (non-hydrogen) atoms. The van der Waals surface area contributed by atoms with Gasteiger partial charge in [0.05, 0.1) is 6.54 Å². The summed E-state index contributed by atoms with van der Waals surface area (Å²) in [4.78, 5) is 25.1. The van der Waals surface area contributed by atoms with Crippen LogP contribution in [0.5, 0.6) is 0 Å². The molecule has 0 aromatic heterocycles. The quantitative estimate of drug-likeness (QED) is 0.722. The minimum absolute atomic E-state index is 0.0408. The lowest BCUT2D eigenvalue weighted by atomic mass is 10.0. The maximum absolute atomic E-state index is 12.0. The van der Waals surface area contributed by atoms with E-state index in [0.717, 1.165) is 6.42 Å². The van der Waals surface area contributed by atoms with E-state index < -0.39 is 0 Å². The van der Waals surface area contributed by atoms with Crippen LogP contribution in [0.2, 0.25) is 0 Å². The van der Waals surface area contributed by atoms with Crippen LogP contribution >= 0.6 is 0 Å². The van der Waals surface area contributed by atoms with Crippen molar-refractivity contribution >= 4 is 11.8 Å². The summed E-state index contributed by atoms with van der Waals surface area (Å²) in [6.45, 7) is 6.65. The number of rotatable bonds is 4. The monoisotopic (exact) mass is 224 g/mol. The molecule has 1 N–H and O–H groups in total. The molecule has 1 heterocycles. The zero-order valence-corrected chi connectivity index (χ0v) is 10.2. The number of carbonyl (C=O) groups excluding carboxylic acids is 2. The second-order valence-corrected chi connectivity index (χ2v) is 4.41. The van der Waals surface area contributed by atoms with Gasteiger partial charge in [-0.15, -0.1) is 0 Å². The molecule has 0 spiro atoms. The largest absolute Gasteiger partial charge is 0.343 e. The van der Waals surface area contributed by atoms with Gasteiger partial charge in [-0.3, -0.25) is 9.59 Å². The van der Waals surface area contributed by atoms with Crippen LogP contribution in [0, 0.1) is 5.92 Å². The molecule has 1 aliphatic rings. The van der Waals surface area contributed by atoms with Gasteiger partial charge in [-0.1, -0.05) is 26.0 Å². The summed E-state index contributed by atoms with van der Waals surface area (Å²) in [7, 11) is 0. The minimum Gasteiger partial charge on any atom is -0.343 e. The molecule has 0 aromatic carbocycles. The van der Waals surface area contributed by atoms with Gasteiger partial charge in [0, 0.05) is 6.54 Å². The molecule has 4 nitrogen and oxygen atoms in total. The van der Waals surface area contributed by atoms with Crippen LogP contribution in [-0.2, 0) is 9.59 Å². The second-order valence-electron chi connectivity index (χ2n) is 4.41. The van der Waals surface area contributed by atoms with E-state index in [-0.39, 0.29) is 30.3 Å². The molecule has 0 aliphatic carbocycles. The molecule has 1 saturated heterocycles. The molecular formula is C12H20N2O2. The summed E-state index contributed by atoms with van der Waals surface area (Å²) >= 11 is 0. The van der Waals surface area contributed by atoms with E-state index in [4.69, 9.17) is 0 Å². The van der Waals surface area contributed by atoms with Crippen LogP contribution in [0.1, 0.15) is 27.2 Å². The van der Waals surface area contributed by atoms with Gasteiger partial charge in [0.25, 0.3) is 0 Å². The van der Waals surface area contributed by atoms with Gasteiger partial charge in [-0.25, -0.2) is 0 Å². The number of allylic oxidation sites excluding steroid dienone is 1. The van der Waals surface area contributed by atoms with Crippen molar-refractivity contribution in [3.8, 4) is 0 Å². The second kappa shape index (κ2) is 5.68. The molecule has 1 unspecified atom stereocenters. The number of amides is 2. The van der Waals surface area contributed by atoms with Crippen molar-refractivity contribution in [3.63, 3.8) is 0 Å². The number of piperazine rings is 1. The summed E-state index contributed by atoms with van der Waals surface area (Å²) in [5.74, 6) is 0.124. The first kappa shape index (κ1) is 12.7. The number of nitrogens with one attached hydrogen (secondary N) is 1. The normalized spacial score (nSPS) is 22.0. The van der Waals surface area contributed by atoms with Gasteiger partial charge < -0.3 is 10.2 Å². The van der Waals surface area contributed by atoms with Crippen molar-refractivity contribution in [2.75, 3.05) is 13.1 Å². The molecule has 1 aliphatic heterocycles. The first-order valence-corrected chi connectivity index (χ1v) is 5.75. The van der Waals surface area contributed by atoms with Crippen molar-refractivity contribution in [2.24, 2.45) is 5.92 Å². The summed E-state index contributed by atoms with van der Waals surface area (Å²) in [5, 5.41) is 2.74. The highest BCUT2D eigenvalue weighted by Crippen LogP contribution is 2.11. The Labute approximate surface area is 96.7 Å². The number of hydrogen-bond donors (Lipinski definition) is 1. The highest BCUT2D eigenvalue weighted by molar-refractivity contribution is 5.94. The van der Waals surface area contributed by atoms with Crippen LogP contribution in [0.3, 0.4) is 0 Å². The molecule has 0 radical (unpaired) electrons. The third kappa shape index (κ3) is 3.08. The molecule has 1 fully saturated rings. The molecule has 0 aromatic rings. The van der Waals surface area contributed by atoms with Crippen LogP contribution in [0.25, 0.3) is 0 Å². The summed E-state index contributed by atoms with van der Waals surface area (Å²) in [6, 6.07) is -0.355. The first-order chi connectivity index (χ1) is 7.56. The zero-order chi connectivity index (χ0) is 12.1. The summed E-state index contributed by atoms with van der Waals surface area (Å²) in [5.41, 5.74) is 0. The average molecular weight is 224 g/mol. The lowest BCUT2D eigenvalue weighted by molar-refractivity contribution is -0.145. The van der Waals surface area contributed by atoms with Crippen molar-refractivity contribution in [3.05, 3.63) is 12.2 Å². The summed E-state index contributed by atoms with van der Waals surface area (Å²) in [6.07, 6.45) is 4.76. The molecule has 1 atom stereocenters. The lowest BCUT2D eigenvalue weighted by Gasteiger charge is -2.34. The Kier molecular flexibility index (Phi) is 4.52. The fourth-order valence-electron chi connectivity index (χ4n) is 1.77. The predicted molar refractivity (Wildman–Crippen MR) is 62.8 cm³/mol. The third-order valence-electron chi connectivity index (χ3n) is 2.70. The Morgan fingerprint density at radius 2 is 2.19 bits per heavy atom. The molecule has 0 saturated carbocycles. The van der Waals surface area contributed by atoms with Gasteiger partial charge in [-0.2, -0.15) is 0 Å². The lowest BCUT2D eigenvalue weighted by Crippen LogP contribution is -2.59. The van der Waals surface area contributed by atoms with Gasteiger partial charge in [0.2, 0.25) is 11.8 Å². The Balaban J connectivity index is 2.62. The zero-order valence-electron chi connectivity index (χ0n) is 10.2. The minimum atomic E-state index is -0.355. The van der Waals surface area contributed by atoms with E-state index in [1.54, 1.807) is 4.90 Å². The van der Waals surface area contributed by atoms with Crippen molar-refractivity contribution in [1.82, 2.24) is 10.2 Å². The number of nitrogens with zero attached hydrogens (tertiary/aromatic N) is 1. The third-order valence-corrected chi connectivity index (χ3v) is 2.70. The van der Waals surface area contributed by atoms with E-state index in [1.165, 1.54) is 0 Å². The van der Waals surface area contributed by atoms with Crippen LogP contribution in [-0.4, -0.2) is 35.8 Å². The Morgan fingerprint density at radius 1 is 1.50 bits per heavy atom. The standard InChI is InChI=1S/C12H20N2O2/c1-4-5-6-7-14-8-10(15)13-11(9(2)3)12(14)16/h4-5,9,11H,6-8H2,1-3H3,(H,13,15)/b5-4+. The Hall–Kier alpha value is -1.32. The van der Waals surface area contributed by atoms with E-state index in [0.29, 0.717) is 6.54 Å². The maximum atomic E-state index is 12.0. The fraction of sp³-hybridized carbons (Fsp3) is 0.667. The highest BCUT2D eigenvalue weighted by Gasteiger charge is 2.33. The molecule has 0 bridgehead atoms. The average Bonchev–Trinajstić information content (AvgIpc) is 2.22. The maximum Gasteiger partial charge on any atom is 0.245 e. The van der Waals surface area contributed by atoms with Gasteiger partial charge in [0.15, 0.2) is 0 Å². The van der Waals surface area contributed by atoms with Crippen molar-refractivity contribution in [1.29, 1.82) is 0 Å². The number of carbonyl (C=O) groups is 2. The van der Waals surface area contributed by atoms with Crippen molar-refractivity contribution in [2.45, 2.75) is 33.2 Å². The fourth-order valence-corrected chi connectivity index (χ4v) is 1.77. The number of hydrogen-bond acceptors (Lipinski definition) is 2. The SMILES string of the molecule is C/C=C/CCN1CC(=O)NC(C(C)C)C1=O. The first-order valence-electron chi connectivity index (χ1n) is 5.75. The van der Waals surface area contributed by atoms with E-state index >= 15 is 0 Å². The topological polar surface area (TPSA) is 49.4 Å².